The van der Waals surface area contributed by atoms with E-state index < -0.39 is 86.7 Å². The Morgan fingerprint density at radius 1 is 0.466 bits per heavy atom. The van der Waals surface area contributed by atoms with Crippen LogP contribution in [0.25, 0.3) is 0 Å². The quantitative estimate of drug-likeness (QED) is 0.0172. The zero-order valence-electron chi connectivity index (χ0n) is 44.6. The van der Waals surface area contributed by atoms with Crippen molar-refractivity contribution in [2.45, 2.75) is 235 Å². The lowest BCUT2D eigenvalue weighted by Crippen LogP contribution is -2.61. The second-order valence-electron chi connectivity index (χ2n) is 19.0. The van der Waals surface area contributed by atoms with Crippen molar-refractivity contribution in [3.05, 3.63) is 97.2 Å². The van der Waals surface area contributed by atoms with Crippen LogP contribution in [0.1, 0.15) is 168 Å². The third kappa shape index (κ3) is 32.2. The summed E-state index contributed by atoms with van der Waals surface area (Å²) in [4.78, 5) is 13.0. The summed E-state index contributed by atoms with van der Waals surface area (Å²) in [5.41, 5.74) is 0. The average Bonchev–Trinajstić information content (AvgIpc) is 3.39. The predicted octanol–water partition coefficient (Wildman–Crippen LogP) is 9.41. The van der Waals surface area contributed by atoms with Crippen molar-refractivity contribution < 1.29 is 69.0 Å². The molecule has 0 saturated carbocycles. The number of ether oxygens (including phenoxy) is 6. The van der Waals surface area contributed by atoms with Crippen molar-refractivity contribution in [3.63, 3.8) is 0 Å². The Balaban J connectivity index is 1.76. The summed E-state index contributed by atoms with van der Waals surface area (Å²) in [7, 11) is 0. The molecule has 0 bridgehead atoms. The largest absolute Gasteiger partial charge is 0.457 e. The van der Waals surface area contributed by atoms with Gasteiger partial charge in [0.05, 0.1) is 26.4 Å². The Kier molecular flexibility index (Phi) is 40.8. The van der Waals surface area contributed by atoms with Gasteiger partial charge in [0.1, 0.15) is 54.9 Å². The molecule has 2 fully saturated rings. The molecule has 11 atom stereocenters. The molecule has 418 valence electrons. The molecule has 2 saturated heterocycles. The normalized spacial score (nSPS) is 25.7. The number of allylic oxidation sites excluding steroid dienone is 16. The van der Waals surface area contributed by atoms with Crippen LogP contribution in [0, 0.1) is 0 Å². The molecule has 0 aliphatic carbocycles. The predicted molar refractivity (Wildman–Crippen MR) is 288 cm³/mol. The van der Waals surface area contributed by atoms with Gasteiger partial charge >= 0.3 is 5.97 Å². The topological polar surface area (TPSA) is 214 Å². The number of unbranched alkanes of at least 4 members (excludes halogenated alkanes) is 13. The average molecular weight is 1030 g/mol. The molecule has 2 aliphatic rings. The molecule has 14 heteroatoms. The number of aliphatic hydroxyl groups excluding tert-OH is 7. The molecule has 0 aromatic rings. The second kappa shape index (κ2) is 45.1. The Morgan fingerprint density at radius 2 is 0.890 bits per heavy atom. The molecule has 73 heavy (non-hydrogen) atoms. The van der Waals surface area contributed by atoms with Crippen LogP contribution in [0.2, 0.25) is 0 Å². The Morgan fingerprint density at radius 3 is 1.41 bits per heavy atom. The minimum atomic E-state index is -1.72. The van der Waals surface area contributed by atoms with E-state index in [4.69, 9.17) is 28.4 Å². The molecule has 0 aromatic heterocycles. The maximum Gasteiger partial charge on any atom is 0.306 e. The summed E-state index contributed by atoms with van der Waals surface area (Å²) in [6.07, 6.45) is 43.3. The van der Waals surface area contributed by atoms with Crippen LogP contribution in [0.3, 0.4) is 0 Å². The van der Waals surface area contributed by atoms with Gasteiger partial charge in [-0.05, 0) is 96.3 Å². The Bertz CT molecular complexity index is 1570. The summed E-state index contributed by atoms with van der Waals surface area (Å²) in [5.74, 6) is -0.404. The highest BCUT2D eigenvalue weighted by Gasteiger charge is 2.47. The van der Waals surface area contributed by atoms with Gasteiger partial charge in [-0.2, -0.15) is 0 Å². The van der Waals surface area contributed by atoms with Gasteiger partial charge in [0.2, 0.25) is 0 Å². The SMILES string of the molecule is CC/C=C\C/C=C\C/C=C\C/C=C\C/C=C\C/C=C\C/C=C\CCCCOCC(COC1OC(COC2OC(CO)C(O)C(O)C2O)C(O)C(O)C1O)OC(=O)CCCCCCC/C=C\CCCCCCCC. The summed E-state index contributed by atoms with van der Waals surface area (Å²) in [5, 5.41) is 72.2. The van der Waals surface area contributed by atoms with E-state index in [1.807, 2.05) is 0 Å². The van der Waals surface area contributed by atoms with E-state index in [1.54, 1.807) is 0 Å². The van der Waals surface area contributed by atoms with Crippen molar-refractivity contribution in [2.24, 2.45) is 0 Å². The first kappa shape index (κ1) is 66.0. The van der Waals surface area contributed by atoms with E-state index in [1.165, 1.54) is 38.5 Å². The van der Waals surface area contributed by atoms with Crippen LogP contribution in [-0.2, 0) is 33.2 Å². The molecule has 2 aliphatic heterocycles. The van der Waals surface area contributed by atoms with Crippen LogP contribution >= 0.6 is 0 Å². The minimum absolute atomic E-state index is 0.0221. The highest BCUT2D eigenvalue weighted by molar-refractivity contribution is 5.69. The third-order valence-corrected chi connectivity index (χ3v) is 12.6. The molecule has 7 N–H and O–H groups in total. The second-order valence-corrected chi connectivity index (χ2v) is 19.0. The van der Waals surface area contributed by atoms with Gasteiger partial charge in [-0.1, -0.05) is 162 Å². The molecule has 2 heterocycles. The van der Waals surface area contributed by atoms with E-state index >= 15 is 0 Å². The monoisotopic (exact) mass is 1030 g/mol. The van der Waals surface area contributed by atoms with Crippen molar-refractivity contribution in [3.8, 4) is 0 Å². The lowest BCUT2D eigenvalue weighted by molar-refractivity contribution is -0.332. The number of hydrogen-bond donors (Lipinski definition) is 7. The summed E-state index contributed by atoms with van der Waals surface area (Å²) in [6, 6.07) is 0. The van der Waals surface area contributed by atoms with Crippen LogP contribution in [0.4, 0.5) is 0 Å². The van der Waals surface area contributed by atoms with Crippen molar-refractivity contribution in [2.75, 3.05) is 33.0 Å². The van der Waals surface area contributed by atoms with Gasteiger partial charge in [-0.15, -0.1) is 0 Å². The van der Waals surface area contributed by atoms with Gasteiger partial charge in [-0.3, -0.25) is 4.79 Å². The molecule has 0 spiro atoms. The highest BCUT2D eigenvalue weighted by atomic mass is 16.7. The van der Waals surface area contributed by atoms with E-state index in [0.717, 1.165) is 103 Å². The molecule has 2 rings (SSSR count). The fourth-order valence-electron chi connectivity index (χ4n) is 8.08. The van der Waals surface area contributed by atoms with E-state index in [0.29, 0.717) is 13.0 Å². The van der Waals surface area contributed by atoms with E-state index in [9.17, 15) is 40.5 Å². The summed E-state index contributed by atoms with van der Waals surface area (Å²) >= 11 is 0. The number of esters is 1. The van der Waals surface area contributed by atoms with Crippen LogP contribution in [0.5, 0.6) is 0 Å². The van der Waals surface area contributed by atoms with Gasteiger partial charge < -0.3 is 64.2 Å². The number of hydrogen-bond acceptors (Lipinski definition) is 14. The van der Waals surface area contributed by atoms with Gasteiger partial charge in [0.15, 0.2) is 12.6 Å². The van der Waals surface area contributed by atoms with E-state index in [2.05, 4.69) is 111 Å². The first-order chi connectivity index (χ1) is 35.6. The Labute approximate surface area is 439 Å². The number of rotatable bonds is 43. The maximum absolute atomic E-state index is 13.0. The number of carbonyl (C=O) groups excluding carboxylic acids is 1. The van der Waals surface area contributed by atoms with Crippen LogP contribution < -0.4 is 0 Å². The fraction of sp³-hybridized carbons (Fsp3) is 0.712. The lowest BCUT2D eigenvalue weighted by atomic mass is 9.98. The van der Waals surface area contributed by atoms with Gasteiger partial charge in [0, 0.05) is 13.0 Å². The van der Waals surface area contributed by atoms with Gasteiger partial charge in [0.25, 0.3) is 0 Å². The number of carbonyl (C=O) groups is 1. The maximum atomic E-state index is 13.0. The molecule has 0 amide bonds. The molecular weight excluding hydrogens is 933 g/mol. The first-order valence-corrected chi connectivity index (χ1v) is 27.8. The zero-order chi connectivity index (χ0) is 53.0. The first-order valence-electron chi connectivity index (χ1n) is 27.8. The van der Waals surface area contributed by atoms with E-state index in [-0.39, 0.29) is 19.6 Å². The van der Waals surface area contributed by atoms with Crippen molar-refractivity contribution in [1.82, 2.24) is 0 Å². The van der Waals surface area contributed by atoms with Crippen LogP contribution in [0.15, 0.2) is 97.2 Å². The lowest BCUT2D eigenvalue weighted by Gasteiger charge is -2.42. The standard InChI is InChI=1S/C59H98O14/c1-3-5-7-9-11-13-15-17-19-20-21-22-23-24-25-26-27-29-31-33-35-37-39-41-43-68-45-48(71-51(61)42-40-38-36-34-32-30-28-18-16-14-12-10-8-6-4-2)46-69-58-57(67)55(65)53(63)50(73-58)47-70-59-56(66)54(64)52(62)49(44-60)72-59/h5,7,11,13,17-19,21-22,24-25,27-29,33,35,48-50,52-60,62-67H,3-4,6,8-10,12,14-16,20,23,26,30-32,34,36-47H2,1-2H3/b7-5-,13-11-,19-17-,22-21-,25-24-,28-18-,29-27-,35-33-. The van der Waals surface area contributed by atoms with Crippen LogP contribution in [-0.4, -0.2) is 142 Å². The van der Waals surface area contributed by atoms with Crippen molar-refractivity contribution >= 4 is 5.97 Å². The van der Waals surface area contributed by atoms with Gasteiger partial charge in [-0.25, -0.2) is 0 Å². The summed E-state index contributed by atoms with van der Waals surface area (Å²) in [6.45, 7) is 3.42. The molecule has 11 unspecified atom stereocenters. The molecule has 0 radical (unpaired) electrons. The molecule has 14 nitrogen and oxygen atoms in total. The van der Waals surface area contributed by atoms with Crippen molar-refractivity contribution in [1.29, 1.82) is 0 Å². The zero-order valence-corrected chi connectivity index (χ0v) is 44.6. The fourth-order valence-corrected chi connectivity index (χ4v) is 8.08. The highest BCUT2D eigenvalue weighted by Crippen LogP contribution is 2.26. The molecular formula is C59H98O14. The number of aliphatic hydroxyl groups is 7. The smallest absolute Gasteiger partial charge is 0.306 e. The molecule has 0 aromatic carbocycles. The summed E-state index contributed by atoms with van der Waals surface area (Å²) < 4.78 is 34.3. The Hall–Kier alpha value is -3.09. The third-order valence-electron chi connectivity index (χ3n) is 12.6. The minimum Gasteiger partial charge on any atom is -0.457 e.